The Morgan fingerprint density at radius 2 is 1.91 bits per heavy atom. The zero-order chi connectivity index (χ0) is 24.8. The molecule has 0 saturated carbocycles. The third-order valence-corrected chi connectivity index (χ3v) is 5.94. The van der Waals surface area contributed by atoms with Gasteiger partial charge in [-0.15, -0.1) is 0 Å². The fourth-order valence-electron chi connectivity index (χ4n) is 3.20. The Bertz CT molecular complexity index is 1110. The van der Waals surface area contributed by atoms with Crippen molar-refractivity contribution in [1.82, 2.24) is 10.2 Å². The molecule has 34 heavy (non-hydrogen) atoms. The lowest BCUT2D eigenvalue weighted by molar-refractivity contribution is -0.127. The van der Waals surface area contributed by atoms with Crippen LogP contribution in [0.3, 0.4) is 0 Å². The van der Waals surface area contributed by atoms with Crippen LogP contribution in [0, 0.1) is 10.5 Å². The van der Waals surface area contributed by atoms with Crippen molar-refractivity contribution >= 4 is 52.2 Å². The molecule has 4 amide bonds. The first-order valence-electron chi connectivity index (χ1n) is 11.1. The Balaban J connectivity index is 1.77. The number of hydrogen-bond donors (Lipinski definition) is 2. The van der Waals surface area contributed by atoms with Crippen LogP contribution in [0.1, 0.15) is 38.3 Å². The van der Waals surface area contributed by atoms with Gasteiger partial charge in [-0.2, -0.15) is 0 Å². The van der Waals surface area contributed by atoms with E-state index in [4.69, 9.17) is 9.47 Å². The van der Waals surface area contributed by atoms with Crippen LogP contribution in [0.25, 0.3) is 6.08 Å². The summed E-state index contributed by atoms with van der Waals surface area (Å²) in [6, 6.07) is 10.2. The number of ether oxygens (including phenoxy) is 2. The molecule has 8 nitrogen and oxygen atoms in total. The first kappa shape index (κ1) is 25.5. The molecule has 3 rings (SSSR count). The van der Waals surface area contributed by atoms with Crippen molar-refractivity contribution < 1.29 is 23.9 Å². The second-order valence-electron chi connectivity index (χ2n) is 7.89. The van der Waals surface area contributed by atoms with E-state index in [2.05, 4.69) is 33.2 Å². The van der Waals surface area contributed by atoms with Gasteiger partial charge in [0.1, 0.15) is 12.2 Å². The molecule has 0 aromatic heterocycles. The van der Waals surface area contributed by atoms with Crippen LogP contribution in [0.2, 0.25) is 0 Å². The van der Waals surface area contributed by atoms with E-state index in [0.29, 0.717) is 29.4 Å². The molecule has 0 bridgehead atoms. The van der Waals surface area contributed by atoms with E-state index in [1.54, 1.807) is 24.3 Å². The molecule has 0 aliphatic carbocycles. The van der Waals surface area contributed by atoms with Gasteiger partial charge in [0.05, 0.1) is 16.3 Å². The van der Waals surface area contributed by atoms with Crippen LogP contribution >= 0.6 is 22.6 Å². The van der Waals surface area contributed by atoms with Gasteiger partial charge in [0.25, 0.3) is 5.91 Å². The van der Waals surface area contributed by atoms with Crippen molar-refractivity contribution in [2.24, 2.45) is 0 Å². The Kier molecular flexibility index (Phi) is 8.54. The van der Waals surface area contributed by atoms with Crippen molar-refractivity contribution in [1.29, 1.82) is 0 Å². The molecule has 1 aliphatic rings. The molecule has 2 aromatic rings. The summed E-state index contributed by atoms with van der Waals surface area (Å²) in [5.74, 6) is 0.174. The molecule has 1 fully saturated rings. The minimum absolute atomic E-state index is 0.0206. The number of nitrogens with zero attached hydrogens (tertiary/aromatic N) is 1. The Hall–Kier alpha value is -3.08. The first-order valence-corrected chi connectivity index (χ1v) is 12.1. The van der Waals surface area contributed by atoms with E-state index in [1.165, 1.54) is 0 Å². The smallest absolute Gasteiger partial charge is 0.329 e. The number of carbonyl (C=O) groups excluding carboxylic acids is 3. The van der Waals surface area contributed by atoms with Crippen LogP contribution < -0.4 is 20.1 Å². The van der Waals surface area contributed by atoms with Crippen LogP contribution in [0.4, 0.5) is 10.5 Å². The van der Waals surface area contributed by atoms with Crippen LogP contribution in [-0.2, 0) is 9.59 Å². The molecule has 0 spiro atoms. The largest absolute Gasteiger partial charge is 0.490 e. The van der Waals surface area contributed by atoms with Gasteiger partial charge in [-0.1, -0.05) is 24.6 Å². The average molecular weight is 577 g/mol. The maximum absolute atomic E-state index is 12.8. The predicted molar refractivity (Wildman–Crippen MR) is 139 cm³/mol. The lowest BCUT2D eigenvalue weighted by Crippen LogP contribution is -2.38. The summed E-state index contributed by atoms with van der Waals surface area (Å²) >= 11 is 2.16. The Morgan fingerprint density at radius 3 is 2.56 bits per heavy atom. The third kappa shape index (κ3) is 6.28. The van der Waals surface area contributed by atoms with Crippen molar-refractivity contribution in [2.45, 2.75) is 40.2 Å². The normalized spacial score (nSPS) is 15.3. The van der Waals surface area contributed by atoms with Crippen LogP contribution in [0.15, 0.2) is 42.1 Å². The number of aryl methyl sites for hydroxylation is 1. The van der Waals surface area contributed by atoms with Crippen LogP contribution in [-0.4, -0.2) is 42.0 Å². The molecule has 0 unspecified atom stereocenters. The van der Waals surface area contributed by atoms with Gasteiger partial charge in [-0.3, -0.25) is 9.59 Å². The Morgan fingerprint density at radius 1 is 1.21 bits per heavy atom. The lowest BCUT2D eigenvalue weighted by atomic mass is 10.1. The van der Waals surface area contributed by atoms with Gasteiger partial charge >= 0.3 is 6.03 Å². The third-order valence-electron chi connectivity index (χ3n) is 5.14. The molecule has 1 aliphatic heterocycles. The van der Waals surface area contributed by atoms with Crippen molar-refractivity contribution in [2.75, 3.05) is 18.5 Å². The maximum atomic E-state index is 12.8. The van der Waals surface area contributed by atoms with E-state index in [-0.39, 0.29) is 18.3 Å². The van der Waals surface area contributed by atoms with Gasteiger partial charge < -0.3 is 20.1 Å². The summed E-state index contributed by atoms with van der Waals surface area (Å²) < 4.78 is 12.6. The molecule has 180 valence electrons. The number of urea groups is 1. The van der Waals surface area contributed by atoms with E-state index >= 15 is 0 Å². The topological polar surface area (TPSA) is 97.0 Å². The number of nitrogens with one attached hydrogen (secondary N) is 2. The van der Waals surface area contributed by atoms with Gasteiger partial charge in [0, 0.05) is 5.69 Å². The highest BCUT2D eigenvalue weighted by Crippen LogP contribution is 2.36. The van der Waals surface area contributed by atoms with Gasteiger partial charge in [0.2, 0.25) is 5.91 Å². The van der Waals surface area contributed by atoms with Gasteiger partial charge in [-0.25, -0.2) is 9.69 Å². The highest BCUT2D eigenvalue weighted by Gasteiger charge is 2.35. The summed E-state index contributed by atoms with van der Waals surface area (Å²) in [5, 5.41) is 5.24. The van der Waals surface area contributed by atoms with Crippen molar-refractivity contribution in [3.63, 3.8) is 0 Å². The molecule has 9 heteroatoms. The average Bonchev–Trinajstić information content (AvgIpc) is 3.05. The van der Waals surface area contributed by atoms with E-state index < -0.39 is 17.8 Å². The number of carbonyl (C=O) groups is 3. The number of halogens is 1. The molecule has 1 saturated heterocycles. The number of amides is 4. The molecule has 1 atom stereocenters. The van der Waals surface area contributed by atoms with E-state index in [1.807, 2.05) is 45.9 Å². The number of imide groups is 1. The number of anilines is 1. The molecule has 2 N–H and O–H groups in total. The minimum Gasteiger partial charge on any atom is -0.490 e. The molecule has 1 heterocycles. The second kappa shape index (κ2) is 11.4. The molecule has 2 aromatic carbocycles. The van der Waals surface area contributed by atoms with Crippen molar-refractivity contribution in [3.05, 3.63) is 56.8 Å². The highest BCUT2D eigenvalue weighted by atomic mass is 127. The fourth-order valence-corrected chi connectivity index (χ4v) is 3.95. The fraction of sp³-hybridized carbons (Fsp3) is 0.320. The lowest BCUT2D eigenvalue weighted by Gasteiger charge is -2.18. The summed E-state index contributed by atoms with van der Waals surface area (Å²) in [7, 11) is 0. The first-order chi connectivity index (χ1) is 16.2. The molecular weight excluding hydrogens is 549 g/mol. The molecular formula is C25H28IN3O5. The minimum atomic E-state index is -0.647. The summed E-state index contributed by atoms with van der Waals surface area (Å²) in [6.07, 6.45) is 2.43. The summed E-state index contributed by atoms with van der Waals surface area (Å²) in [5.41, 5.74) is 2.40. The predicted octanol–water partition coefficient (Wildman–Crippen LogP) is 4.71. The standard InChI is InChI=1S/C25H28IN3O5/c1-5-16(4)34-23-19(26)11-17(13-21(23)33-6-2)12-20-24(31)29(25(32)28-20)14-22(30)27-18-9-7-15(3)8-10-18/h7-13,16H,5-6,14H2,1-4H3,(H,27,30)(H,28,32)/b20-12+/t16-/m0/s1. The quantitative estimate of drug-likeness (QED) is 0.256. The van der Waals surface area contributed by atoms with Gasteiger partial charge in [0.15, 0.2) is 11.5 Å². The molecule has 0 radical (unpaired) electrons. The summed E-state index contributed by atoms with van der Waals surface area (Å²) in [6.45, 7) is 7.91. The maximum Gasteiger partial charge on any atom is 0.329 e. The SMILES string of the molecule is CCOc1cc(/C=C2/NC(=O)N(CC(=O)Nc3ccc(C)cc3)C2=O)cc(I)c1O[C@@H](C)CC. The van der Waals surface area contributed by atoms with E-state index in [0.717, 1.165) is 20.5 Å². The number of benzene rings is 2. The number of rotatable bonds is 9. The number of hydrogen-bond acceptors (Lipinski definition) is 5. The van der Waals surface area contributed by atoms with Crippen LogP contribution in [0.5, 0.6) is 11.5 Å². The van der Waals surface area contributed by atoms with Crippen molar-refractivity contribution in [3.8, 4) is 11.5 Å². The van der Waals surface area contributed by atoms with E-state index in [9.17, 15) is 14.4 Å². The zero-order valence-corrected chi connectivity index (χ0v) is 21.8. The zero-order valence-electron chi connectivity index (χ0n) is 19.6. The second-order valence-corrected chi connectivity index (χ2v) is 9.06. The Labute approximate surface area is 212 Å². The monoisotopic (exact) mass is 577 g/mol. The van der Waals surface area contributed by atoms with Gasteiger partial charge in [-0.05, 0) is 85.7 Å². The summed E-state index contributed by atoms with van der Waals surface area (Å²) in [4.78, 5) is 38.5. The highest BCUT2D eigenvalue weighted by molar-refractivity contribution is 14.1.